The number of halogens is 2. The fourth-order valence-corrected chi connectivity index (χ4v) is 3.96. The van der Waals surface area contributed by atoms with Crippen LogP contribution in [0.2, 0.25) is 5.02 Å². The summed E-state index contributed by atoms with van der Waals surface area (Å²) in [6, 6.07) is 5.65. The van der Waals surface area contributed by atoms with Gasteiger partial charge < -0.3 is 9.47 Å². The van der Waals surface area contributed by atoms with Crippen molar-refractivity contribution in [3.05, 3.63) is 28.8 Å². The Morgan fingerprint density at radius 3 is 2.80 bits per heavy atom. The van der Waals surface area contributed by atoms with Crippen molar-refractivity contribution in [2.45, 2.75) is 56.1 Å². The van der Waals surface area contributed by atoms with Crippen molar-refractivity contribution >= 4 is 23.2 Å². The second kappa shape index (κ2) is 6.13. The molecular formula is C16H20Cl2O2. The first-order chi connectivity index (χ1) is 9.72. The average Bonchev–Trinajstić information content (AvgIpc) is 3.07. The van der Waals surface area contributed by atoms with Crippen LogP contribution in [0, 0.1) is 0 Å². The minimum atomic E-state index is 0.164. The van der Waals surface area contributed by atoms with Crippen LogP contribution < -0.4 is 4.74 Å². The molecule has 2 fully saturated rings. The molecule has 20 heavy (non-hydrogen) atoms. The van der Waals surface area contributed by atoms with E-state index in [2.05, 4.69) is 0 Å². The topological polar surface area (TPSA) is 18.5 Å². The van der Waals surface area contributed by atoms with Gasteiger partial charge >= 0.3 is 0 Å². The molecule has 1 aliphatic heterocycles. The van der Waals surface area contributed by atoms with E-state index in [4.69, 9.17) is 32.7 Å². The SMILES string of the molecule is ClCc1c(Cl)cccc1OCC1CCC2(CCCC2)O1. The molecule has 110 valence electrons. The Morgan fingerprint density at radius 1 is 1.25 bits per heavy atom. The summed E-state index contributed by atoms with van der Waals surface area (Å²) in [5, 5.41) is 0.664. The van der Waals surface area contributed by atoms with E-state index in [1.807, 2.05) is 18.2 Å². The molecule has 0 N–H and O–H groups in total. The van der Waals surface area contributed by atoms with Gasteiger partial charge in [0.2, 0.25) is 0 Å². The van der Waals surface area contributed by atoms with Gasteiger partial charge in [-0.3, -0.25) is 0 Å². The molecule has 1 unspecified atom stereocenters. The maximum absolute atomic E-state index is 6.24. The van der Waals surface area contributed by atoms with E-state index in [0.29, 0.717) is 17.5 Å². The molecule has 0 amide bonds. The summed E-state index contributed by atoms with van der Waals surface area (Å²) in [6.07, 6.45) is 7.52. The zero-order valence-corrected chi connectivity index (χ0v) is 13.1. The molecule has 1 saturated carbocycles. The van der Waals surface area contributed by atoms with Crippen LogP contribution in [0.25, 0.3) is 0 Å². The number of alkyl halides is 1. The molecule has 1 aromatic rings. The van der Waals surface area contributed by atoms with E-state index in [1.54, 1.807) is 0 Å². The predicted octanol–water partition coefficient (Wildman–Crippen LogP) is 4.95. The molecule has 2 nitrogen and oxygen atoms in total. The van der Waals surface area contributed by atoms with Crippen LogP contribution in [0.3, 0.4) is 0 Å². The monoisotopic (exact) mass is 314 g/mol. The molecule has 1 atom stereocenters. The second-order valence-corrected chi connectivity index (χ2v) is 6.50. The first-order valence-corrected chi connectivity index (χ1v) is 8.28. The van der Waals surface area contributed by atoms with Crippen molar-refractivity contribution in [3.8, 4) is 5.75 Å². The molecule has 1 aliphatic carbocycles. The van der Waals surface area contributed by atoms with Gasteiger partial charge in [-0.05, 0) is 37.8 Å². The van der Waals surface area contributed by atoms with Crippen LogP contribution in [-0.4, -0.2) is 18.3 Å². The predicted molar refractivity (Wildman–Crippen MR) is 81.8 cm³/mol. The molecule has 1 aromatic carbocycles. The Labute approximate surface area is 130 Å². The molecule has 2 aliphatic rings. The minimum absolute atomic E-state index is 0.164. The molecular weight excluding hydrogens is 295 g/mol. The molecule has 4 heteroatoms. The molecule has 1 saturated heterocycles. The molecule has 0 aromatic heterocycles. The Balaban J connectivity index is 1.59. The van der Waals surface area contributed by atoms with Gasteiger partial charge in [0.25, 0.3) is 0 Å². The molecule has 0 radical (unpaired) electrons. The van der Waals surface area contributed by atoms with E-state index in [-0.39, 0.29) is 11.7 Å². The lowest BCUT2D eigenvalue weighted by Crippen LogP contribution is -2.27. The van der Waals surface area contributed by atoms with E-state index < -0.39 is 0 Å². The second-order valence-electron chi connectivity index (χ2n) is 5.83. The maximum Gasteiger partial charge on any atom is 0.125 e. The highest BCUT2D eigenvalue weighted by atomic mass is 35.5. The highest BCUT2D eigenvalue weighted by molar-refractivity contribution is 6.32. The minimum Gasteiger partial charge on any atom is -0.490 e. The van der Waals surface area contributed by atoms with Crippen LogP contribution in [0.4, 0.5) is 0 Å². The zero-order valence-electron chi connectivity index (χ0n) is 11.5. The van der Waals surface area contributed by atoms with Crippen LogP contribution >= 0.6 is 23.2 Å². The summed E-state index contributed by atoms with van der Waals surface area (Å²) < 4.78 is 12.1. The van der Waals surface area contributed by atoms with Crippen molar-refractivity contribution in [2.75, 3.05) is 6.61 Å². The average molecular weight is 315 g/mol. The van der Waals surface area contributed by atoms with Crippen molar-refractivity contribution < 1.29 is 9.47 Å². The van der Waals surface area contributed by atoms with Crippen LogP contribution in [0.5, 0.6) is 5.75 Å². The van der Waals surface area contributed by atoms with Gasteiger partial charge in [-0.2, -0.15) is 0 Å². The quantitative estimate of drug-likeness (QED) is 0.732. The third kappa shape index (κ3) is 2.93. The summed E-state index contributed by atoms with van der Waals surface area (Å²) in [5.74, 6) is 1.15. The van der Waals surface area contributed by atoms with Gasteiger partial charge in [0.1, 0.15) is 12.4 Å². The van der Waals surface area contributed by atoms with Gasteiger partial charge in [0.15, 0.2) is 0 Å². The third-order valence-electron chi connectivity index (χ3n) is 4.49. The van der Waals surface area contributed by atoms with Gasteiger partial charge in [-0.15, -0.1) is 11.6 Å². The van der Waals surface area contributed by atoms with Crippen molar-refractivity contribution in [1.29, 1.82) is 0 Å². The third-order valence-corrected chi connectivity index (χ3v) is 5.11. The highest BCUT2D eigenvalue weighted by Gasteiger charge is 2.42. The summed E-state index contributed by atoms with van der Waals surface area (Å²) in [6.45, 7) is 0.589. The van der Waals surface area contributed by atoms with E-state index in [9.17, 15) is 0 Å². The molecule has 3 rings (SSSR count). The van der Waals surface area contributed by atoms with E-state index >= 15 is 0 Å². The van der Waals surface area contributed by atoms with Gasteiger partial charge in [-0.25, -0.2) is 0 Å². The fourth-order valence-electron chi connectivity index (χ4n) is 3.39. The largest absolute Gasteiger partial charge is 0.490 e. The Hall–Kier alpha value is -0.440. The van der Waals surface area contributed by atoms with Gasteiger partial charge in [0, 0.05) is 10.6 Å². The smallest absolute Gasteiger partial charge is 0.125 e. The molecule has 1 heterocycles. The lowest BCUT2D eigenvalue weighted by Gasteiger charge is -2.24. The Kier molecular flexibility index (Phi) is 4.44. The fraction of sp³-hybridized carbons (Fsp3) is 0.625. The van der Waals surface area contributed by atoms with Crippen molar-refractivity contribution in [3.63, 3.8) is 0 Å². The highest BCUT2D eigenvalue weighted by Crippen LogP contribution is 2.43. The van der Waals surface area contributed by atoms with E-state index in [1.165, 1.54) is 32.1 Å². The van der Waals surface area contributed by atoms with Crippen molar-refractivity contribution in [2.24, 2.45) is 0 Å². The summed E-state index contributed by atoms with van der Waals surface area (Å²) >= 11 is 12.1. The molecule has 0 bridgehead atoms. The first kappa shape index (κ1) is 14.5. The Bertz CT molecular complexity index is 470. The van der Waals surface area contributed by atoms with Crippen LogP contribution in [0.1, 0.15) is 44.1 Å². The van der Waals surface area contributed by atoms with Crippen LogP contribution in [0.15, 0.2) is 18.2 Å². The number of hydrogen-bond acceptors (Lipinski definition) is 2. The lowest BCUT2D eigenvalue weighted by atomic mass is 9.98. The zero-order chi connectivity index (χ0) is 14.0. The van der Waals surface area contributed by atoms with Crippen molar-refractivity contribution in [1.82, 2.24) is 0 Å². The number of hydrogen-bond donors (Lipinski definition) is 0. The lowest BCUT2D eigenvalue weighted by molar-refractivity contribution is -0.0509. The number of rotatable bonds is 4. The normalized spacial score (nSPS) is 24.4. The van der Waals surface area contributed by atoms with E-state index in [0.717, 1.165) is 17.7 Å². The summed E-state index contributed by atoms with van der Waals surface area (Å²) in [5.41, 5.74) is 1.03. The summed E-state index contributed by atoms with van der Waals surface area (Å²) in [4.78, 5) is 0. The van der Waals surface area contributed by atoms with Gasteiger partial charge in [0.05, 0.1) is 17.6 Å². The molecule has 1 spiro atoms. The standard InChI is InChI=1S/C16H20Cl2O2/c17-10-13-14(18)4-3-5-15(13)19-11-12-6-9-16(20-12)7-1-2-8-16/h3-5,12H,1-2,6-11H2. The van der Waals surface area contributed by atoms with Gasteiger partial charge in [-0.1, -0.05) is 30.5 Å². The van der Waals surface area contributed by atoms with Crippen LogP contribution in [-0.2, 0) is 10.6 Å². The first-order valence-electron chi connectivity index (χ1n) is 7.36. The summed E-state index contributed by atoms with van der Waals surface area (Å²) in [7, 11) is 0. The Morgan fingerprint density at radius 2 is 2.05 bits per heavy atom. The number of benzene rings is 1. The number of ether oxygens (including phenoxy) is 2. The maximum atomic E-state index is 6.24.